The monoisotopic (exact) mass is 349 g/mol. The summed E-state index contributed by atoms with van der Waals surface area (Å²) in [5, 5.41) is 0. The van der Waals surface area contributed by atoms with Gasteiger partial charge >= 0.3 is 0 Å². The second kappa shape index (κ2) is 5.33. The lowest BCUT2D eigenvalue weighted by atomic mass is 9.87. The zero-order chi connectivity index (χ0) is 15.0. The highest BCUT2D eigenvalue weighted by Gasteiger charge is 2.43. The highest BCUT2D eigenvalue weighted by atomic mass is 79.9. The third-order valence-electron chi connectivity index (χ3n) is 4.26. The molecule has 0 radical (unpaired) electrons. The fourth-order valence-electron chi connectivity index (χ4n) is 3.27. The maximum Gasteiger partial charge on any atom is 0.220 e. The van der Waals surface area contributed by atoms with Gasteiger partial charge in [0.2, 0.25) is 11.9 Å². The third-order valence-corrected chi connectivity index (χ3v) is 5.30. The van der Waals surface area contributed by atoms with E-state index in [1.165, 1.54) is 6.42 Å². The van der Waals surface area contributed by atoms with Gasteiger partial charge in [-0.25, -0.2) is 4.99 Å². The Morgan fingerprint density at radius 3 is 2.62 bits per heavy atom. The van der Waals surface area contributed by atoms with E-state index >= 15 is 0 Å². The molecule has 0 atom stereocenters. The number of aliphatic imine (C=N–C) groups is 2. The Balaban J connectivity index is 2.13. The molecule has 0 bridgehead atoms. The Labute approximate surface area is 133 Å². The summed E-state index contributed by atoms with van der Waals surface area (Å²) in [6, 6.07) is 6.14. The molecule has 1 heterocycles. The Hall–Kier alpha value is -1.56. The molecule has 112 valence electrons. The van der Waals surface area contributed by atoms with Crippen molar-refractivity contribution in [2.75, 3.05) is 4.90 Å². The quantitative estimate of drug-likeness (QED) is 0.817. The Bertz CT molecular complexity index is 616. The number of halogens is 1. The average Bonchev–Trinajstić information content (AvgIpc) is 2.43. The van der Waals surface area contributed by atoms with Crippen molar-refractivity contribution in [1.82, 2.24) is 0 Å². The highest BCUT2D eigenvalue weighted by molar-refractivity contribution is 9.10. The molecule has 3 rings (SSSR count). The van der Waals surface area contributed by atoms with Crippen molar-refractivity contribution in [3.8, 4) is 0 Å². The summed E-state index contributed by atoms with van der Waals surface area (Å²) in [7, 11) is 0. The maximum absolute atomic E-state index is 6.22. The van der Waals surface area contributed by atoms with Gasteiger partial charge in [0.15, 0.2) is 0 Å². The minimum atomic E-state index is -0.384. The number of nitrogens with zero attached hydrogens (tertiary/aromatic N) is 3. The zero-order valence-corrected chi connectivity index (χ0v) is 13.7. The van der Waals surface area contributed by atoms with E-state index in [2.05, 4.69) is 43.8 Å². The molecule has 21 heavy (non-hydrogen) atoms. The first-order chi connectivity index (χ1) is 10.0. The Morgan fingerprint density at radius 2 is 1.90 bits per heavy atom. The predicted molar refractivity (Wildman–Crippen MR) is 90.4 cm³/mol. The number of anilines is 1. The van der Waals surface area contributed by atoms with Crippen LogP contribution in [0.15, 0.2) is 32.7 Å². The minimum Gasteiger partial charge on any atom is -0.369 e. The SMILES string of the molecule is Cc1cccc(N2C(N)=NC(N)=NC23CCCCC3)c1Br. The molecule has 0 saturated heterocycles. The van der Waals surface area contributed by atoms with Crippen molar-refractivity contribution in [3.63, 3.8) is 0 Å². The van der Waals surface area contributed by atoms with Gasteiger partial charge in [-0.3, -0.25) is 4.90 Å². The number of hydrogen-bond acceptors (Lipinski definition) is 5. The second-order valence-corrected chi connectivity index (χ2v) is 6.52. The first-order valence-electron chi connectivity index (χ1n) is 7.28. The van der Waals surface area contributed by atoms with Crippen LogP contribution in [0.5, 0.6) is 0 Å². The Kier molecular flexibility index (Phi) is 3.65. The molecular weight excluding hydrogens is 330 g/mol. The number of nitrogens with two attached hydrogens (primary N) is 2. The van der Waals surface area contributed by atoms with Gasteiger partial charge in [0, 0.05) is 4.47 Å². The van der Waals surface area contributed by atoms with Crippen LogP contribution in [0, 0.1) is 6.92 Å². The fourth-order valence-corrected chi connectivity index (χ4v) is 3.72. The van der Waals surface area contributed by atoms with Crippen molar-refractivity contribution in [2.45, 2.75) is 44.7 Å². The average molecular weight is 350 g/mol. The summed E-state index contributed by atoms with van der Waals surface area (Å²) < 4.78 is 1.03. The van der Waals surface area contributed by atoms with Crippen LogP contribution in [0.1, 0.15) is 37.7 Å². The summed E-state index contributed by atoms with van der Waals surface area (Å²) >= 11 is 3.68. The van der Waals surface area contributed by atoms with Gasteiger partial charge in [-0.05, 0) is 60.2 Å². The topological polar surface area (TPSA) is 80.0 Å². The van der Waals surface area contributed by atoms with Gasteiger partial charge in [-0.2, -0.15) is 4.99 Å². The van der Waals surface area contributed by atoms with E-state index in [0.717, 1.165) is 41.4 Å². The first kappa shape index (κ1) is 14.4. The number of aryl methyl sites for hydroxylation is 1. The molecule has 1 aliphatic carbocycles. The minimum absolute atomic E-state index is 0.287. The van der Waals surface area contributed by atoms with Crippen LogP contribution in [-0.2, 0) is 0 Å². The molecule has 6 heteroatoms. The van der Waals surface area contributed by atoms with Crippen molar-refractivity contribution >= 4 is 33.5 Å². The van der Waals surface area contributed by atoms with Crippen LogP contribution < -0.4 is 16.4 Å². The van der Waals surface area contributed by atoms with Gasteiger partial charge < -0.3 is 11.5 Å². The number of rotatable bonds is 1. The van der Waals surface area contributed by atoms with Gasteiger partial charge in [0.25, 0.3) is 0 Å². The van der Waals surface area contributed by atoms with Crippen LogP contribution in [-0.4, -0.2) is 17.6 Å². The largest absolute Gasteiger partial charge is 0.369 e. The summed E-state index contributed by atoms with van der Waals surface area (Å²) in [5.74, 6) is 0.713. The van der Waals surface area contributed by atoms with Crippen LogP contribution >= 0.6 is 15.9 Å². The molecule has 4 N–H and O–H groups in total. The van der Waals surface area contributed by atoms with Crippen molar-refractivity contribution in [3.05, 3.63) is 28.2 Å². The van der Waals surface area contributed by atoms with E-state index in [1.807, 2.05) is 12.1 Å². The Morgan fingerprint density at radius 1 is 1.19 bits per heavy atom. The standard InChI is InChI=1S/C15H20BrN5/c1-10-6-5-7-11(12(10)16)21-14(18)19-13(17)20-15(21)8-3-2-4-9-15/h5-7H,2-4,8-9H2,1H3,(H4,17,18,19,20). The van der Waals surface area contributed by atoms with Crippen LogP contribution in [0.25, 0.3) is 0 Å². The normalized spacial score (nSPS) is 21.1. The van der Waals surface area contributed by atoms with Crippen LogP contribution in [0.3, 0.4) is 0 Å². The maximum atomic E-state index is 6.22. The molecular formula is C15H20BrN5. The fraction of sp³-hybridized carbons (Fsp3) is 0.467. The molecule has 2 aliphatic rings. The van der Waals surface area contributed by atoms with Gasteiger partial charge in [0.05, 0.1) is 5.69 Å². The number of guanidine groups is 2. The number of benzene rings is 1. The second-order valence-electron chi connectivity index (χ2n) is 5.73. The smallest absolute Gasteiger partial charge is 0.220 e. The molecule has 1 spiro atoms. The van der Waals surface area contributed by atoms with Gasteiger partial charge in [-0.1, -0.05) is 18.6 Å². The zero-order valence-electron chi connectivity index (χ0n) is 12.1. The van der Waals surface area contributed by atoms with Crippen LogP contribution in [0.2, 0.25) is 0 Å². The lowest BCUT2D eigenvalue weighted by Gasteiger charge is -2.46. The molecule has 5 nitrogen and oxygen atoms in total. The highest BCUT2D eigenvalue weighted by Crippen LogP contribution is 2.42. The molecule has 1 aromatic carbocycles. The summed E-state index contributed by atoms with van der Waals surface area (Å²) in [6.07, 6.45) is 5.39. The van der Waals surface area contributed by atoms with Crippen LogP contribution in [0.4, 0.5) is 5.69 Å². The van der Waals surface area contributed by atoms with Crippen molar-refractivity contribution < 1.29 is 0 Å². The molecule has 0 unspecified atom stereocenters. The van der Waals surface area contributed by atoms with Gasteiger partial charge in [0.1, 0.15) is 5.66 Å². The summed E-state index contributed by atoms with van der Waals surface area (Å²) in [4.78, 5) is 10.9. The third kappa shape index (κ3) is 2.41. The molecule has 0 aromatic heterocycles. The van der Waals surface area contributed by atoms with E-state index in [9.17, 15) is 0 Å². The van der Waals surface area contributed by atoms with E-state index in [1.54, 1.807) is 0 Å². The first-order valence-corrected chi connectivity index (χ1v) is 8.08. The predicted octanol–water partition coefficient (Wildman–Crippen LogP) is 2.87. The van der Waals surface area contributed by atoms with Crippen molar-refractivity contribution in [1.29, 1.82) is 0 Å². The van der Waals surface area contributed by atoms with Crippen molar-refractivity contribution in [2.24, 2.45) is 21.5 Å². The molecule has 0 amide bonds. The van der Waals surface area contributed by atoms with E-state index < -0.39 is 0 Å². The number of hydrogen-bond donors (Lipinski definition) is 2. The molecule has 1 saturated carbocycles. The molecule has 1 aliphatic heterocycles. The van der Waals surface area contributed by atoms with E-state index in [-0.39, 0.29) is 11.6 Å². The van der Waals surface area contributed by atoms with Gasteiger partial charge in [-0.15, -0.1) is 0 Å². The summed E-state index contributed by atoms with van der Waals surface area (Å²) in [5.41, 5.74) is 13.9. The summed E-state index contributed by atoms with van der Waals surface area (Å²) in [6.45, 7) is 2.07. The molecule has 1 aromatic rings. The lowest BCUT2D eigenvalue weighted by molar-refractivity contribution is 0.305. The lowest BCUT2D eigenvalue weighted by Crippen LogP contribution is -2.58. The molecule has 1 fully saturated rings. The van der Waals surface area contributed by atoms with E-state index in [4.69, 9.17) is 11.5 Å². The van der Waals surface area contributed by atoms with E-state index in [0.29, 0.717) is 5.96 Å².